The van der Waals surface area contributed by atoms with Crippen molar-refractivity contribution in [3.05, 3.63) is 157 Å². The summed E-state index contributed by atoms with van der Waals surface area (Å²) in [6, 6.07) is 29.6. The molecular weight excluding hydrogens is 589 g/mol. The van der Waals surface area contributed by atoms with Gasteiger partial charge >= 0.3 is 0 Å². The lowest BCUT2D eigenvalue weighted by Crippen LogP contribution is -2.40. The highest BCUT2D eigenvalue weighted by molar-refractivity contribution is 7.07. The summed E-state index contributed by atoms with van der Waals surface area (Å²) in [5.41, 5.74) is 3.33. The molecule has 0 aliphatic carbocycles. The minimum Gasteiger partial charge on any atom is -0.494 e. The summed E-state index contributed by atoms with van der Waals surface area (Å²) in [7, 11) is 0. The summed E-state index contributed by atoms with van der Waals surface area (Å²) >= 11 is 1.27. The Balaban J connectivity index is 1.35. The van der Waals surface area contributed by atoms with Crippen molar-refractivity contribution in [3.63, 3.8) is 0 Å². The number of nitrogens with one attached hydrogen (secondary N) is 1. The summed E-state index contributed by atoms with van der Waals surface area (Å²) in [5.74, 6) is 0.633. The number of aromatic nitrogens is 1. The molecule has 1 N–H and O–H groups in total. The molecule has 0 saturated heterocycles. The summed E-state index contributed by atoms with van der Waals surface area (Å²) in [6.45, 7) is 4.34. The van der Waals surface area contributed by atoms with E-state index in [9.17, 15) is 14.0 Å². The molecule has 226 valence electrons. The molecule has 1 amide bonds. The first-order valence-corrected chi connectivity index (χ1v) is 15.3. The van der Waals surface area contributed by atoms with Crippen LogP contribution >= 0.6 is 11.3 Å². The Morgan fingerprint density at radius 1 is 0.933 bits per heavy atom. The number of carbonyl (C=O) groups is 1. The van der Waals surface area contributed by atoms with Crippen molar-refractivity contribution >= 4 is 29.0 Å². The Bertz CT molecular complexity index is 2050. The number of halogens is 1. The van der Waals surface area contributed by atoms with Crippen molar-refractivity contribution in [2.24, 2.45) is 4.99 Å². The molecule has 9 heteroatoms. The van der Waals surface area contributed by atoms with Crippen molar-refractivity contribution in [2.45, 2.75) is 26.5 Å². The lowest BCUT2D eigenvalue weighted by atomic mass is 9.95. The van der Waals surface area contributed by atoms with Gasteiger partial charge in [0.2, 0.25) is 0 Å². The van der Waals surface area contributed by atoms with Crippen molar-refractivity contribution in [3.8, 4) is 11.5 Å². The topological polar surface area (TPSA) is 81.9 Å². The van der Waals surface area contributed by atoms with Gasteiger partial charge in [0, 0.05) is 11.3 Å². The Hall–Kier alpha value is -5.28. The quantitative estimate of drug-likeness (QED) is 0.220. The molecule has 1 aromatic heterocycles. The third-order valence-corrected chi connectivity index (χ3v) is 8.32. The van der Waals surface area contributed by atoms with Crippen LogP contribution in [0.15, 0.2) is 124 Å². The Morgan fingerprint density at radius 2 is 1.60 bits per heavy atom. The van der Waals surface area contributed by atoms with Gasteiger partial charge in [0.05, 0.1) is 28.5 Å². The number of fused-ring (bicyclic) bond motifs is 1. The van der Waals surface area contributed by atoms with E-state index in [0.717, 1.165) is 11.1 Å². The third-order valence-electron chi connectivity index (χ3n) is 7.33. The summed E-state index contributed by atoms with van der Waals surface area (Å²) in [6.07, 6.45) is 1.79. The Morgan fingerprint density at radius 3 is 2.31 bits per heavy atom. The van der Waals surface area contributed by atoms with Crippen LogP contribution < -0.4 is 29.7 Å². The molecule has 6 rings (SSSR count). The van der Waals surface area contributed by atoms with E-state index in [2.05, 4.69) is 5.32 Å². The van der Waals surface area contributed by atoms with Crippen molar-refractivity contribution in [2.75, 3.05) is 11.9 Å². The second-order valence-corrected chi connectivity index (χ2v) is 11.4. The number of allylic oxidation sites excluding steroid dienone is 1. The predicted octanol–water partition coefficient (Wildman–Crippen LogP) is 5.99. The van der Waals surface area contributed by atoms with Crippen LogP contribution in [0.3, 0.4) is 0 Å². The normalized spacial score (nSPS) is 14.5. The molecule has 5 aromatic rings. The highest BCUT2D eigenvalue weighted by Gasteiger charge is 2.32. The second kappa shape index (κ2) is 13.2. The van der Waals surface area contributed by atoms with Crippen LogP contribution in [-0.2, 0) is 11.4 Å². The number of rotatable bonds is 9. The zero-order chi connectivity index (χ0) is 31.3. The van der Waals surface area contributed by atoms with Gasteiger partial charge in [-0.1, -0.05) is 72.0 Å². The van der Waals surface area contributed by atoms with E-state index in [4.69, 9.17) is 14.5 Å². The first-order chi connectivity index (χ1) is 21.9. The van der Waals surface area contributed by atoms with E-state index in [-0.39, 0.29) is 23.9 Å². The molecule has 0 fully saturated rings. The highest BCUT2D eigenvalue weighted by Crippen LogP contribution is 2.32. The largest absolute Gasteiger partial charge is 0.494 e. The van der Waals surface area contributed by atoms with Crippen LogP contribution in [0.2, 0.25) is 0 Å². The van der Waals surface area contributed by atoms with Crippen LogP contribution in [0.1, 0.15) is 36.6 Å². The van der Waals surface area contributed by atoms with Crippen LogP contribution in [0.25, 0.3) is 6.08 Å². The van der Waals surface area contributed by atoms with E-state index in [1.54, 1.807) is 47.9 Å². The van der Waals surface area contributed by atoms with Crippen molar-refractivity contribution in [1.82, 2.24) is 4.57 Å². The molecule has 4 aromatic carbocycles. The van der Waals surface area contributed by atoms with Gasteiger partial charge < -0.3 is 14.8 Å². The van der Waals surface area contributed by atoms with E-state index < -0.39 is 6.04 Å². The lowest BCUT2D eigenvalue weighted by Gasteiger charge is -2.25. The molecule has 0 radical (unpaired) electrons. The molecule has 1 aliphatic rings. The number of hydrogen-bond donors (Lipinski definition) is 1. The summed E-state index contributed by atoms with van der Waals surface area (Å²) in [5, 5.41) is 2.97. The highest BCUT2D eigenvalue weighted by atomic mass is 32.1. The molecule has 2 heterocycles. The van der Waals surface area contributed by atoms with Crippen LogP contribution in [0, 0.1) is 5.82 Å². The third kappa shape index (κ3) is 6.49. The fraction of sp³-hybridized carbons (Fsp3) is 0.139. The van der Waals surface area contributed by atoms with Crippen LogP contribution in [-0.4, -0.2) is 17.1 Å². The molecule has 1 aliphatic heterocycles. The van der Waals surface area contributed by atoms with Crippen LogP contribution in [0.4, 0.5) is 10.1 Å². The predicted molar refractivity (Wildman–Crippen MR) is 174 cm³/mol. The number of benzene rings is 4. The monoisotopic (exact) mass is 619 g/mol. The van der Waals surface area contributed by atoms with Gasteiger partial charge in [-0.05, 0) is 73.5 Å². The molecule has 0 saturated carbocycles. The number of nitrogens with zero attached hydrogens (tertiary/aromatic N) is 2. The molecule has 0 bridgehead atoms. The second-order valence-electron chi connectivity index (χ2n) is 10.4. The number of ether oxygens (including phenoxy) is 2. The zero-order valence-corrected chi connectivity index (χ0v) is 25.5. The number of para-hydroxylation sites is 1. The Labute approximate surface area is 263 Å². The number of thiazole rings is 1. The van der Waals surface area contributed by atoms with Gasteiger partial charge in [0.25, 0.3) is 11.5 Å². The fourth-order valence-electron chi connectivity index (χ4n) is 5.15. The molecule has 0 spiro atoms. The minimum atomic E-state index is -0.697. The van der Waals surface area contributed by atoms with E-state index in [1.807, 2.05) is 73.7 Å². The number of carbonyl (C=O) groups excluding carboxylic acids is 1. The molecule has 1 atom stereocenters. The first-order valence-electron chi connectivity index (χ1n) is 14.5. The standard InChI is InChI=1S/C36H30FN3O4S/c1-3-43-28-19-15-25(16-20-28)33-32(34(41)39-27-10-5-4-6-11-27)23(2)38-36-40(33)35(42)31(45-36)21-24-13-17-29(18-14-24)44-22-26-9-7-8-12-30(26)37/h4-21,33H,3,22H2,1-2H3,(H,39,41)/b31-21-/t33-/m1/s1. The Kier molecular flexibility index (Phi) is 8.70. The molecule has 0 unspecified atom stereocenters. The SMILES string of the molecule is CCOc1ccc([C@@H]2C(C(=O)Nc3ccccc3)=C(C)N=c3s/c(=C\c4ccc(OCc5ccccc5F)cc4)c(=O)n32)cc1. The van der Waals surface area contributed by atoms with Gasteiger partial charge in [0.1, 0.15) is 23.9 Å². The number of hydrogen-bond acceptors (Lipinski definition) is 6. The number of anilines is 1. The van der Waals surface area contributed by atoms with Crippen molar-refractivity contribution < 1.29 is 18.7 Å². The average molecular weight is 620 g/mol. The maximum Gasteiger partial charge on any atom is 0.271 e. The smallest absolute Gasteiger partial charge is 0.271 e. The molecule has 7 nitrogen and oxygen atoms in total. The fourth-order valence-corrected chi connectivity index (χ4v) is 6.19. The number of amides is 1. The van der Waals surface area contributed by atoms with Gasteiger partial charge in [-0.2, -0.15) is 0 Å². The van der Waals surface area contributed by atoms with Gasteiger partial charge in [0.15, 0.2) is 4.80 Å². The van der Waals surface area contributed by atoms with E-state index >= 15 is 0 Å². The lowest BCUT2D eigenvalue weighted by molar-refractivity contribution is -0.113. The zero-order valence-electron chi connectivity index (χ0n) is 24.7. The van der Waals surface area contributed by atoms with E-state index in [1.165, 1.54) is 17.4 Å². The molecule has 45 heavy (non-hydrogen) atoms. The van der Waals surface area contributed by atoms with Gasteiger partial charge in [-0.25, -0.2) is 9.38 Å². The van der Waals surface area contributed by atoms with E-state index in [0.29, 0.717) is 50.0 Å². The summed E-state index contributed by atoms with van der Waals surface area (Å²) in [4.78, 5) is 33.0. The van der Waals surface area contributed by atoms with Crippen LogP contribution in [0.5, 0.6) is 11.5 Å². The maximum atomic E-state index is 14.0. The first kappa shape index (κ1) is 29.8. The van der Waals surface area contributed by atoms with Gasteiger partial charge in [-0.3, -0.25) is 14.2 Å². The maximum absolute atomic E-state index is 14.0. The van der Waals surface area contributed by atoms with Gasteiger partial charge in [-0.15, -0.1) is 0 Å². The molecular formula is C36H30FN3O4S. The van der Waals surface area contributed by atoms with Crippen molar-refractivity contribution in [1.29, 1.82) is 0 Å². The summed E-state index contributed by atoms with van der Waals surface area (Å²) < 4.78 is 27.4. The average Bonchev–Trinajstić information content (AvgIpc) is 3.35. The minimum absolute atomic E-state index is 0.107.